The topological polar surface area (TPSA) is 43.3 Å². The van der Waals surface area contributed by atoms with Crippen LogP contribution in [0.3, 0.4) is 0 Å². The lowest BCUT2D eigenvalue weighted by molar-refractivity contribution is -0.140. The predicted octanol–water partition coefficient (Wildman–Crippen LogP) is 4.91. The van der Waals surface area contributed by atoms with Crippen LogP contribution in [-0.4, -0.2) is 30.7 Å². The van der Waals surface area contributed by atoms with E-state index in [4.69, 9.17) is 19.3 Å². The molecular formula is C23H26N2O3. The summed E-state index contributed by atoms with van der Waals surface area (Å²) in [6, 6.07) is 14.6. The van der Waals surface area contributed by atoms with Crippen LogP contribution in [0.25, 0.3) is 0 Å². The minimum atomic E-state index is -0.321. The molecule has 5 rings (SSSR count). The fourth-order valence-electron chi connectivity index (χ4n) is 4.86. The molecule has 3 aliphatic rings. The van der Waals surface area contributed by atoms with E-state index in [1.807, 2.05) is 12.1 Å². The normalized spacial score (nSPS) is 22.1. The van der Waals surface area contributed by atoms with E-state index in [1.165, 1.54) is 24.8 Å². The first-order valence-corrected chi connectivity index (χ1v) is 10.1. The third-order valence-corrected chi connectivity index (χ3v) is 6.26. The maximum absolute atomic E-state index is 6.62. The molecule has 1 atom stereocenters. The van der Waals surface area contributed by atoms with Crippen molar-refractivity contribution in [2.75, 3.05) is 14.2 Å². The number of fused-ring (bicyclic) bond motifs is 4. The molecule has 1 spiro atoms. The van der Waals surface area contributed by atoms with Gasteiger partial charge in [-0.25, -0.2) is 5.01 Å². The van der Waals surface area contributed by atoms with E-state index < -0.39 is 0 Å². The molecule has 1 aliphatic carbocycles. The van der Waals surface area contributed by atoms with Crippen LogP contribution in [0.4, 0.5) is 0 Å². The third-order valence-electron chi connectivity index (χ3n) is 6.26. The van der Waals surface area contributed by atoms with Gasteiger partial charge in [0.25, 0.3) is 0 Å². The van der Waals surface area contributed by atoms with Gasteiger partial charge in [0.1, 0.15) is 17.2 Å². The van der Waals surface area contributed by atoms with Gasteiger partial charge in [0.2, 0.25) is 0 Å². The van der Waals surface area contributed by atoms with Gasteiger partial charge in [-0.15, -0.1) is 0 Å². The van der Waals surface area contributed by atoms with Gasteiger partial charge in [-0.05, 0) is 31.0 Å². The molecule has 0 radical (unpaired) electrons. The second-order valence-corrected chi connectivity index (χ2v) is 7.82. The average molecular weight is 378 g/mol. The molecular weight excluding hydrogens is 352 g/mol. The van der Waals surface area contributed by atoms with E-state index in [0.29, 0.717) is 0 Å². The Balaban J connectivity index is 1.59. The Morgan fingerprint density at radius 2 is 1.86 bits per heavy atom. The van der Waals surface area contributed by atoms with Gasteiger partial charge in [0, 0.05) is 36.5 Å². The van der Waals surface area contributed by atoms with Crippen LogP contribution >= 0.6 is 0 Å². The minimum absolute atomic E-state index is 0.213. The third kappa shape index (κ3) is 2.64. The van der Waals surface area contributed by atoms with Crippen molar-refractivity contribution in [2.45, 2.75) is 50.3 Å². The fraction of sp³-hybridized carbons (Fsp3) is 0.435. The SMILES string of the molecule is COc1ccc(C2=NN3[C@H](C2)c2ccccc2OC32CCCCC2)c(OC)c1. The van der Waals surface area contributed by atoms with Crippen LogP contribution in [-0.2, 0) is 0 Å². The first kappa shape index (κ1) is 17.4. The van der Waals surface area contributed by atoms with E-state index in [0.717, 1.165) is 47.8 Å². The smallest absolute Gasteiger partial charge is 0.198 e. The van der Waals surface area contributed by atoms with Crippen LogP contribution in [0.2, 0.25) is 0 Å². The van der Waals surface area contributed by atoms with Crippen molar-refractivity contribution in [3.8, 4) is 17.2 Å². The predicted molar refractivity (Wildman–Crippen MR) is 108 cm³/mol. The van der Waals surface area contributed by atoms with Crippen molar-refractivity contribution in [3.63, 3.8) is 0 Å². The lowest BCUT2D eigenvalue weighted by atomic mass is 9.86. The Bertz CT molecular complexity index is 918. The summed E-state index contributed by atoms with van der Waals surface area (Å²) >= 11 is 0. The Hall–Kier alpha value is -2.69. The zero-order valence-electron chi connectivity index (χ0n) is 16.5. The lowest BCUT2D eigenvalue weighted by Crippen LogP contribution is -2.54. The highest BCUT2D eigenvalue weighted by Gasteiger charge is 2.50. The zero-order valence-corrected chi connectivity index (χ0v) is 16.5. The van der Waals surface area contributed by atoms with Crippen molar-refractivity contribution >= 4 is 5.71 Å². The van der Waals surface area contributed by atoms with Gasteiger partial charge in [0.05, 0.1) is 26.0 Å². The summed E-state index contributed by atoms with van der Waals surface area (Å²) in [5.74, 6) is 2.60. The highest BCUT2D eigenvalue weighted by Crippen LogP contribution is 2.51. The second kappa shape index (κ2) is 6.73. The summed E-state index contributed by atoms with van der Waals surface area (Å²) in [7, 11) is 3.37. The minimum Gasteiger partial charge on any atom is -0.497 e. The molecule has 1 fully saturated rings. The first-order valence-electron chi connectivity index (χ1n) is 10.1. The highest BCUT2D eigenvalue weighted by atomic mass is 16.5. The summed E-state index contributed by atoms with van der Waals surface area (Å²) in [6.07, 6.45) is 6.53. The molecule has 0 N–H and O–H groups in total. The average Bonchev–Trinajstić information content (AvgIpc) is 3.20. The van der Waals surface area contributed by atoms with Crippen LogP contribution < -0.4 is 14.2 Å². The number of nitrogens with zero attached hydrogens (tertiary/aromatic N) is 2. The summed E-state index contributed by atoms with van der Waals surface area (Å²) < 4.78 is 17.6. The number of hydrogen-bond acceptors (Lipinski definition) is 5. The molecule has 0 saturated heterocycles. The van der Waals surface area contributed by atoms with Crippen LogP contribution in [0, 0.1) is 0 Å². The molecule has 5 heteroatoms. The molecule has 2 heterocycles. The quantitative estimate of drug-likeness (QED) is 0.761. The van der Waals surface area contributed by atoms with E-state index >= 15 is 0 Å². The summed E-state index contributed by atoms with van der Waals surface area (Å²) in [6.45, 7) is 0. The van der Waals surface area contributed by atoms with E-state index in [-0.39, 0.29) is 11.8 Å². The Morgan fingerprint density at radius 3 is 2.64 bits per heavy atom. The number of hydrogen-bond donors (Lipinski definition) is 0. The molecule has 28 heavy (non-hydrogen) atoms. The molecule has 146 valence electrons. The Kier molecular flexibility index (Phi) is 4.18. The fourth-order valence-corrected chi connectivity index (χ4v) is 4.86. The molecule has 2 aromatic rings. The number of benzene rings is 2. The Labute approximate surface area is 165 Å². The maximum Gasteiger partial charge on any atom is 0.198 e. The Morgan fingerprint density at radius 1 is 1.04 bits per heavy atom. The zero-order chi connectivity index (χ0) is 19.1. The number of methoxy groups -OCH3 is 2. The van der Waals surface area contributed by atoms with Crippen LogP contribution in [0.15, 0.2) is 47.6 Å². The van der Waals surface area contributed by atoms with E-state index in [9.17, 15) is 0 Å². The monoisotopic (exact) mass is 378 g/mol. The number of hydrazone groups is 1. The van der Waals surface area contributed by atoms with Crippen molar-refractivity contribution < 1.29 is 14.2 Å². The van der Waals surface area contributed by atoms with Gasteiger partial charge in [-0.1, -0.05) is 24.6 Å². The summed E-state index contributed by atoms with van der Waals surface area (Å²) in [5.41, 5.74) is 2.99. The van der Waals surface area contributed by atoms with Gasteiger partial charge in [0.15, 0.2) is 5.72 Å². The molecule has 0 unspecified atom stereocenters. The lowest BCUT2D eigenvalue weighted by Gasteiger charge is -2.49. The van der Waals surface area contributed by atoms with Gasteiger partial charge in [-0.2, -0.15) is 5.10 Å². The number of ether oxygens (including phenoxy) is 3. The maximum atomic E-state index is 6.62. The number of rotatable bonds is 3. The molecule has 0 amide bonds. The van der Waals surface area contributed by atoms with Gasteiger partial charge in [-0.3, -0.25) is 0 Å². The summed E-state index contributed by atoms with van der Waals surface area (Å²) in [4.78, 5) is 0. The van der Waals surface area contributed by atoms with Crippen molar-refractivity contribution in [1.29, 1.82) is 0 Å². The largest absolute Gasteiger partial charge is 0.497 e. The first-order chi connectivity index (χ1) is 13.7. The van der Waals surface area contributed by atoms with Crippen LogP contribution in [0.1, 0.15) is 55.7 Å². The second-order valence-electron chi connectivity index (χ2n) is 7.82. The van der Waals surface area contributed by atoms with Crippen molar-refractivity contribution in [1.82, 2.24) is 5.01 Å². The van der Waals surface area contributed by atoms with Crippen molar-refractivity contribution in [3.05, 3.63) is 53.6 Å². The van der Waals surface area contributed by atoms with Gasteiger partial charge < -0.3 is 14.2 Å². The molecule has 0 bridgehead atoms. The molecule has 1 saturated carbocycles. The molecule has 0 aromatic heterocycles. The highest BCUT2D eigenvalue weighted by molar-refractivity contribution is 6.04. The van der Waals surface area contributed by atoms with E-state index in [2.05, 4.69) is 35.3 Å². The van der Waals surface area contributed by atoms with Crippen molar-refractivity contribution in [2.24, 2.45) is 5.10 Å². The van der Waals surface area contributed by atoms with Crippen LogP contribution in [0.5, 0.6) is 17.2 Å². The molecule has 2 aliphatic heterocycles. The molecule has 5 nitrogen and oxygen atoms in total. The standard InChI is InChI=1S/C23H26N2O3/c1-26-16-10-11-17(22(14-16)27-2)19-15-20-18-8-4-5-9-21(18)28-23(25(20)24-19)12-6-3-7-13-23/h4-5,8-11,14,20H,3,6-7,12-13,15H2,1-2H3/t20-/m1/s1. The molecule has 2 aromatic carbocycles. The van der Waals surface area contributed by atoms with E-state index in [1.54, 1.807) is 14.2 Å². The number of para-hydroxylation sites is 1. The van der Waals surface area contributed by atoms with Gasteiger partial charge >= 0.3 is 0 Å². The summed E-state index contributed by atoms with van der Waals surface area (Å²) in [5, 5.41) is 7.38.